The van der Waals surface area contributed by atoms with Gasteiger partial charge in [-0.2, -0.15) is 13.2 Å². The average Bonchev–Trinajstić information content (AvgIpc) is 2.52. The Labute approximate surface area is 131 Å². The highest BCUT2D eigenvalue weighted by molar-refractivity contribution is 5.89. The predicted octanol–water partition coefficient (Wildman–Crippen LogP) is 2.75. The summed E-state index contributed by atoms with van der Waals surface area (Å²) in [6, 6.07) is 8.52. The Morgan fingerprint density at radius 2 is 1.43 bits per heavy atom. The molecule has 8 heteroatoms. The summed E-state index contributed by atoms with van der Waals surface area (Å²) in [6.07, 6.45) is -4.35. The van der Waals surface area contributed by atoms with Gasteiger partial charge in [0, 0.05) is 26.1 Å². The fourth-order valence-corrected chi connectivity index (χ4v) is 1.49. The van der Waals surface area contributed by atoms with E-state index in [1.165, 1.54) is 0 Å². The van der Waals surface area contributed by atoms with Crippen LogP contribution in [0.3, 0.4) is 0 Å². The van der Waals surface area contributed by atoms with E-state index in [0.717, 1.165) is 0 Å². The van der Waals surface area contributed by atoms with Crippen molar-refractivity contribution >= 4 is 11.9 Å². The molecule has 0 saturated heterocycles. The molecule has 0 spiro atoms. The molecule has 1 rings (SSSR count). The van der Waals surface area contributed by atoms with Crippen molar-refractivity contribution in [2.45, 2.75) is 19.0 Å². The third-order valence-electron chi connectivity index (χ3n) is 2.57. The van der Waals surface area contributed by atoms with Gasteiger partial charge in [0.25, 0.3) is 0 Å². The molecule has 0 aliphatic heterocycles. The molecular weight excluding hydrogens is 317 g/mol. The predicted molar refractivity (Wildman–Crippen MR) is 73.8 cm³/mol. The van der Waals surface area contributed by atoms with Crippen LogP contribution in [0.1, 0.15) is 23.2 Å². The molecule has 0 radical (unpaired) electrons. The minimum absolute atomic E-state index is 0.151. The van der Waals surface area contributed by atoms with Crippen molar-refractivity contribution in [1.29, 1.82) is 0 Å². The maximum Gasteiger partial charge on any atom is 0.490 e. The van der Waals surface area contributed by atoms with Gasteiger partial charge in [-0.25, -0.2) is 9.59 Å². The molecule has 0 amide bonds. The van der Waals surface area contributed by atoms with Gasteiger partial charge in [-0.1, -0.05) is 18.2 Å². The second kappa shape index (κ2) is 9.83. The Balaban J connectivity index is 1.96. The van der Waals surface area contributed by atoms with Crippen molar-refractivity contribution in [1.82, 2.24) is 0 Å². The number of rotatable bonds is 9. The van der Waals surface area contributed by atoms with Gasteiger partial charge in [-0.05, 0) is 12.1 Å². The standard InChI is InChI=1S/C15H17F3O5/c16-15(17,18)14(20)23-11-5-9-21-8-4-10-22-13(19)12-6-2-1-3-7-12/h1-3,6-7H,4-5,8-11H2. The van der Waals surface area contributed by atoms with E-state index in [-0.39, 0.29) is 32.8 Å². The lowest BCUT2D eigenvalue weighted by atomic mass is 10.2. The Bertz CT molecular complexity index is 488. The van der Waals surface area contributed by atoms with E-state index in [2.05, 4.69) is 4.74 Å². The molecule has 1 aromatic carbocycles. The zero-order valence-electron chi connectivity index (χ0n) is 12.3. The van der Waals surface area contributed by atoms with Gasteiger partial charge in [0.1, 0.15) is 0 Å². The van der Waals surface area contributed by atoms with Crippen molar-refractivity contribution in [2.75, 3.05) is 26.4 Å². The van der Waals surface area contributed by atoms with Crippen LogP contribution in [0, 0.1) is 0 Å². The maximum absolute atomic E-state index is 11.8. The summed E-state index contributed by atoms with van der Waals surface area (Å²) < 4.78 is 49.6. The van der Waals surface area contributed by atoms with Gasteiger partial charge in [0.05, 0.1) is 18.8 Å². The zero-order valence-corrected chi connectivity index (χ0v) is 12.3. The highest BCUT2D eigenvalue weighted by atomic mass is 19.4. The molecule has 0 unspecified atom stereocenters. The van der Waals surface area contributed by atoms with Gasteiger partial charge in [0.2, 0.25) is 0 Å². The topological polar surface area (TPSA) is 61.8 Å². The molecule has 5 nitrogen and oxygen atoms in total. The van der Waals surface area contributed by atoms with E-state index in [0.29, 0.717) is 12.0 Å². The third-order valence-corrected chi connectivity index (χ3v) is 2.57. The Hall–Kier alpha value is -2.09. The van der Waals surface area contributed by atoms with Gasteiger partial charge in [-0.3, -0.25) is 0 Å². The van der Waals surface area contributed by atoms with Gasteiger partial charge in [-0.15, -0.1) is 0 Å². The highest BCUT2D eigenvalue weighted by Crippen LogP contribution is 2.16. The molecule has 0 bridgehead atoms. The Kier molecular flexibility index (Phi) is 8.10. The van der Waals surface area contributed by atoms with E-state index in [9.17, 15) is 22.8 Å². The third kappa shape index (κ3) is 8.20. The number of halogens is 3. The van der Waals surface area contributed by atoms with Crippen molar-refractivity contribution in [3.05, 3.63) is 35.9 Å². The molecule has 0 saturated carbocycles. The number of benzene rings is 1. The molecule has 1 aromatic rings. The van der Waals surface area contributed by atoms with Crippen LogP contribution >= 0.6 is 0 Å². The number of carbonyl (C=O) groups is 2. The van der Waals surface area contributed by atoms with Crippen LogP contribution in [0.2, 0.25) is 0 Å². The van der Waals surface area contributed by atoms with E-state index in [1.807, 2.05) is 0 Å². The first kappa shape index (κ1) is 19.0. The maximum atomic E-state index is 11.8. The molecular formula is C15H17F3O5. The normalized spacial score (nSPS) is 11.1. The monoisotopic (exact) mass is 334 g/mol. The summed E-state index contributed by atoms with van der Waals surface area (Å²) in [7, 11) is 0. The van der Waals surface area contributed by atoms with Crippen molar-refractivity contribution in [2.24, 2.45) is 0 Å². The van der Waals surface area contributed by atoms with Crippen LogP contribution in [0.25, 0.3) is 0 Å². The molecule has 0 atom stereocenters. The number of alkyl halides is 3. The van der Waals surface area contributed by atoms with Crippen molar-refractivity contribution < 1.29 is 37.0 Å². The lowest BCUT2D eigenvalue weighted by Gasteiger charge is -2.08. The lowest BCUT2D eigenvalue weighted by molar-refractivity contribution is -0.199. The van der Waals surface area contributed by atoms with Crippen LogP contribution in [0.5, 0.6) is 0 Å². The first-order valence-electron chi connectivity index (χ1n) is 6.95. The fourth-order valence-electron chi connectivity index (χ4n) is 1.49. The summed E-state index contributed by atoms with van der Waals surface area (Å²) in [5.41, 5.74) is 0.458. The first-order valence-corrected chi connectivity index (χ1v) is 6.95. The van der Waals surface area contributed by atoms with E-state index in [4.69, 9.17) is 9.47 Å². The SMILES string of the molecule is O=C(OCCCOCCCOC(=O)C(F)(F)F)c1ccccc1. The lowest BCUT2D eigenvalue weighted by Crippen LogP contribution is -2.26. The number of hydrogen-bond acceptors (Lipinski definition) is 5. The van der Waals surface area contributed by atoms with E-state index in [1.54, 1.807) is 30.3 Å². The average molecular weight is 334 g/mol. The minimum atomic E-state index is -4.97. The van der Waals surface area contributed by atoms with Gasteiger partial charge >= 0.3 is 18.1 Å². The summed E-state index contributed by atoms with van der Waals surface area (Å²) in [6.45, 7) is 0.255. The van der Waals surface area contributed by atoms with E-state index < -0.39 is 18.1 Å². The molecule has 0 N–H and O–H groups in total. The van der Waals surface area contributed by atoms with Crippen LogP contribution in [0.4, 0.5) is 13.2 Å². The highest BCUT2D eigenvalue weighted by Gasteiger charge is 2.40. The number of ether oxygens (including phenoxy) is 3. The minimum Gasteiger partial charge on any atom is -0.462 e. The largest absolute Gasteiger partial charge is 0.490 e. The summed E-state index contributed by atoms with van der Waals surface area (Å²) in [5, 5.41) is 0. The van der Waals surface area contributed by atoms with E-state index >= 15 is 0 Å². The van der Waals surface area contributed by atoms with Crippen LogP contribution in [-0.4, -0.2) is 44.5 Å². The molecule has 0 aromatic heterocycles. The Morgan fingerprint density at radius 3 is 2.00 bits per heavy atom. The summed E-state index contributed by atoms with van der Waals surface area (Å²) in [5.74, 6) is -2.63. The molecule has 0 aliphatic rings. The molecule has 128 valence electrons. The molecule has 0 fully saturated rings. The summed E-state index contributed by atoms with van der Waals surface area (Å²) >= 11 is 0. The second-order valence-electron chi connectivity index (χ2n) is 4.46. The van der Waals surface area contributed by atoms with Crippen LogP contribution in [-0.2, 0) is 19.0 Å². The smallest absolute Gasteiger partial charge is 0.462 e. The van der Waals surface area contributed by atoms with Crippen molar-refractivity contribution in [3.8, 4) is 0 Å². The number of hydrogen-bond donors (Lipinski definition) is 0. The Morgan fingerprint density at radius 1 is 0.870 bits per heavy atom. The van der Waals surface area contributed by atoms with Gasteiger partial charge in [0.15, 0.2) is 0 Å². The number of esters is 2. The zero-order chi connectivity index (χ0) is 17.1. The quantitative estimate of drug-likeness (QED) is 0.513. The molecule has 0 aliphatic carbocycles. The molecule has 23 heavy (non-hydrogen) atoms. The van der Waals surface area contributed by atoms with Crippen LogP contribution in [0.15, 0.2) is 30.3 Å². The van der Waals surface area contributed by atoms with Crippen molar-refractivity contribution in [3.63, 3.8) is 0 Å². The first-order chi connectivity index (χ1) is 10.9. The van der Waals surface area contributed by atoms with Gasteiger partial charge < -0.3 is 14.2 Å². The second-order valence-corrected chi connectivity index (χ2v) is 4.46. The fraction of sp³-hybridized carbons (Fsp3) is 0.467. The molecule has 0 heterocycles. The van der Waals surface area contributed by atoms with Crippen LogP contribution < -0.4 is 0 Å². The summed E-state index contributed by atoms with van der Waals surface area (Å²) in [4.78, 5) is 21.9. The number of carbonyl (C=O) groups excluding carboxylic acids is 2.